The van der Waals surface area contributed by atoms with Gasteiger partial charge in [-0.3, -0.25) is 9.59 Å². The Morgan fingerprint density at radius 2 is 1.74 bits per heavy atom. The van der Waals surface area contributed by atoms with E-state index >= 15 is 0 Å². The van der Waals surface area contributed by atoms with Crippen LogP contribution in [-0.4, -0.2) is 25.9 Å². The van der Waals surface area contributed by atoms with Gasteiger partial charge in [0.2, 0.25) is 0 Å². The molecule has 7 heteroatoms. The van der Waals surface area contributed by atoms with E-state index in [1.807, 2.05) is 19.1 Å². The second-order valence-corrected chi connectivity index (χ2v) is 9.51. The van der Waals surface area contributed by atoms with Crippen molar-refractivity contribution in [1.82, 2.24) is 5.32 Å². The van der Waals surface area contributed by atoms with Gasteiger partial charge in [0, 0.05) is 40.6 Å². The number of anilines is 1. The molecule has 2 aromatic rings. The van der Waals surface area contributed by atoms with Crippen LogP contribution >= 0.6 is 0 Å². The van der Waals surface area contributed by atoms with Gasteiger partial charge in [-0.15, -0.1) is 0 Å². The lowest BCUT2D eigenvalue weighted by atomic mass is 9.68. The topological polar surface area (TPSA) is 76.7 Å². The fourth-order valence-corrected chi connectivity index (χ4v) is 4.83. The minimum Gasteiger partial charge on any atom is -0.493 e. The summed E-state index contributed by atoms with van der Waals surface area (Å²) in [6, 6.07) is 11.0. The van der Waals surface area contributed by atoms with Crippen molar-refractivity contribution < 1.29 is 23.5 Å². The van der Waals surface area contributed by atoms with Crippen molar-refractivity contribution in [2.24, 2.45) is 5.41 Å². The Labute approximate surface area is 198 Å². The molecule has 0 aromatic heterocycles. The molecular weight excluding hydrogens is 435 g/mol. The summed E-state index contributed by atoms with van der Waals surface area (Å²) in [7, 11) is 3.10. The zero-order chi connectivity index (χ0) is 24.6. The maximum atomic E-state index is 13.5. The van der Waals surface area contributed by atoms with Gasteiger partial charge in [-0.1, -0.05) is 19.9 Å². The molecule has 0 bridgehead atoms. The first kappa shape index (κ1) is 23.5. The molecule has 0 fully saturated rings. The Bertz CT molecular complexity index is 1210. The molecule has 1 heterocycles. The van der Waals surface area contributed by atoms with E-state index in [0.717, 1.165) is 11.3 Å². The molecule has 178 valence electrons. The van der Waals surface area contributed by atoms with Crippen LogP contribution < -0.4 is 20.1 Å². The lowest BCUT2D eigenvalue weighted by molar-refractivity contribution is -0.118. The number of ketones is 1. The molecule has 6 nitrogen and oxygen atoms in total. The van der Waals surface area contributed by atoms with Crippen molar-refractivity contribution in [2.45, 2.75) is 39.5 Å². The number of benzene rings is 2. The predicted molar refractivity (Wildman–Crippen MR) is 128 cm³/mol. The molecule has 1 atom stereocenters. The Morgan fingerprint density at radius 3 is 2.38 bits per heavy atom. The first-order chi connectivity index (χ1) is 16.1. The predicted octanol–water partition coefficient (Wildman–Crippen LogP) is 5.09. The number of allylic oxidation sites excluding steroid dienone is 3. The van der Waals surface area contributed by atoms with Crippen LogP contribution in [0, 0.1) is 11.2 Å². The second kappa shape index (κ2) is 8.97. The number of halogens is 1. The zero-order valence-corrected chi connectivity index (χ0v) is 20.0. The summed E-state index contributed by atoms with van der Waals surface area (Å²) in [5, 5.41) is 6.20. The largest absolute Gasteiger partial charge is 0.493 e. The molecule has 1 unspecified atom stereocenters. The van der Waals surface area contributed by atoms with Crippen molar-refractivity contribution in [2.75, 3.05) is 19.5 Å². The molecule has 0 radical (unpaired) electrons. The first-order valence-corrected chi connectivity index (χ1v) is 11.2. The molecule has 0 saturated carbocycles. The number of ether oxygens (including phenoxy) is 2. The summed E-state index contributed by atoms with van der Waals surface area (Å²) in [4.78, 5) is 27.0. The van der Waals surface area contributed by atoms with Gasteiger partial charge in [-0.05, 0) is 60.7 Å². The van der Waals surface area contributed by atoms with Crippen molar-refractivity contribution >= 4 is 17.4 Å². The minimum atomic E-state index is -0.583. The molecule has 2 N–H and O–H groups in total. The van der Waals surface area contributed by atoms with Gasteiger partial charge >= 0.3 is 0 Å². The van der Waals surface area contributed by atoms with Gasteiger partial charge in [0.25, 0.3) is 5.91 Å². The summed E-state index contributed by atoms with van der Waals surface area (Å²) < 4.78 is 24.2. The second-order valence-electron chi connectivity index (χ2n) is 9.51. The Morgan fingerprint density at radius 1 is 1.06 bits per heavy atom. The van der Waals surface area contributed by atoms with Crippen molar-refractivity contribution in [3.05, 3.63) is 76.4 Å². The molecule has 0 saturated heterocycles. The van der Waals surface area contributed by atoms with E-state index in [0.29, 0.717) is 46.9 Å². The quantitative estimate of drug-likeness (QED) is 0.645. The van der Waals surface area contributed by atoms with E-state index in [-0.39, 0.29) is 22.9 Å². The van der Waals surface area contributed by atoms with Crippen LogP contribution in [-0.2, 0) is 9.59 Å². The number of carbonyl (C=O) groups excluding carboxylic acids is 2. The number of carbonyl (C=O) groups is 2. The van der Waals surface area contributed by atoms with Crippen LogP contribution in [0.3, 0.4) is 0 Å². The number of amides is 1. The van der Waals surface area contributed by atoms with Crippen molar-refractivity contribution in [3.63, 3.8) is 0 Å². The van der Waals surface area contributed by atoms with E-state index in [2.05, 4.69) is 24.5 Å². The molecule has 1 aliphatic heterocycles. The fraction of sp³-hybridized carbons (Fsp3) is 0.333. The van der Waals surface area contributed by atoms with Crippen LogP contribution in [0.25, 0.3) is 0 Å². The van der Waals surface area contributed by atoms with Crippen LogP contribution in [0.2, 0.25) is 0 Å². The first-order valence-electron chi connectivity index (χ1n) is 11.2. The van der Waals surface area contributed by atoms with Gasteiger partial charge in [0.1, 0.15) is 5.82 Å². The smallest absolute Gasteiger partial charge is 0.254 e. The van der Waals surface area contributed by atoms with E-state index in [4.69, 9.17) is 9.47 Å². The summed E-state index contributed by atoms with van der Waals surface area (Å²) >= 11 is 0. The maximum Gasteiger partial charge on any atom is 0.254 e. The fourth-order valence-electron chi connectivity index (χ4n) is 4.83. The van der Waals surface area contributed by atoms with Crippen LogP contribution in [0.15, 0.2) is 65.0 Å². The summed E-state index contributed by atoms with van der Waals surface area (Å²) in [5.41, 5.74) is 3.58. The zero-order valence-electron chi connectivity index (χ0n) is 20.0. The number of methoxy groups -OCH3 is 2. The lowest BCUT2D eigenvalue weighted by Crippen LogP contribution is -2.39. The molecule has 0 spiro atoms. The Balaban J connectivity index is 1.83. The monoisotopic (exact) mass is 464 g/mol. The number of hydrogen-bond donors (Lipinski definition) is 2. The maximum absolute atomic E-state index is 13.5. The average Bonchev–Trinajstić information content (AvgIpc) is 2.78. The molecule has 34 heavy (non-hydrogen) atoms. The molecular formula is C27H29FN2O4. The molecule has 2 aromatic carbocycles. The number of Topliss-reactive ketones (excluding diaryl/α,β-unsaturated/α-hetero) is 1. The van der Waals surface area contributed by atoms with Gasteiger partial charge in [-0.25, -0.2) is 4.39 Å². The van der Waals surface area contributed by atoms with Gasteiger partial charge in [-0.2, -0.15) is 0 Å². The molecule has 1 aliphatic carbocycles. The van der Waals surface area contributed by atoms with Gasteiger partial charge in [0.15, 0.2) is 17.3 Å². The third-order valence-electron chi connectivity index (χ3n) is 6.33. The third-order valence-corrected chi connectivity index (χ3v) is 6.33. The van der Waals surface area contributed by atoms with E-state index in [1.165, 1.54) is 24.3 Å². The van der Waals surface area contributed by atoms with Crippen molar-refractivity contribution in [3.8, 4) is 11.5 Å². The SMILES string of the molecule is COc1ccc(C2C(C(=O)Nc3ccc(F)cc3)=C(C)NC3=C2C(=O)CC(C)(C)C3)cc1OC. The molecule has 1 amide bonds. The summed E-state index contributed by atoms with van der Waals surface area (Å²) in [6.07, 6.45) is 1.09. The Kier molecular flexibility index (Phi) is 6.21. The van der Waals surface area contributed by atoms with Gasteiger partial charge < -0.3 is 20.1 Å². The highest BCUT2D eigenvalue weighted by Crippen LogP contribution is 2.47. The number of dihydropyridines is 1. The van der Waals surface area contributed by atoms with Crippen LogP contribution in [0.1, 0.15) is 45.1 Å². The van der Waals surface area contributed by atoms with Crippen LogP contribution in [0.4, 0.5) is 10.1 Å². The number of hydrogen-bond acceptors (Lipinski definition) is 5. The summed E-state index contributed by atoms with van der Waals surface area (Å²) in [5.74, 6) is -0.247. The highest BCUT2D eigenvalue weighted by atomic mass is 19.1. The highest BCUT2D eigenvalue weighted by molar-refractivity contribution is 6.10. The Hall–Kier alpha value is -3.61. The molecule has 2 aliphatic rings. The standard InChI is InChI=1S/C27H29FN2O4/c1-15-23(26(32)30-18-9-7-17(28)8-10-18)24(16-6-11-21(33-4)22(12-16)34-5)25-19(29-15)13-27(2,3)14-20(25)31/h6-12,24,29H,13-14H2,1-5H3,(H,30,32). The van der Waals surface area contributed by atoms with Gasteiger partial charge in [0.05, 0.1) is 14.2 Å². The summed E-state index contributed by atoms with van der Waals surface area (Å²) in [6.45, 7) is 5.97. The highest BCUT2D eigenvalue weighted by Gasteiger charge is 2.42. The molecule has 4 rings (SSSR count). The number of rotatable bonds is 5. The lowest BCUT2D eigenvalue weighted by Gasteiger charge is -2.39. The van der Waals surface area contributed by atoms with Crippen LogP contribution in [0.5, 0.6) is 11.5 Å². The minimum absolute atomic E-state index is 0.0121. The van der Waals surface area contributed by atoms with E-state index in [1.54, 1.807) is 20.3 Å². The number of nitrogens with one attached hydrogen (secondary N) is 2. The average molecular weight is 465 g/mol. The van der Waals surface area contributed by atoms with Crippen molar-refractivity contribution in [1.29, 1.82) is 0 Å². The third kappa shape index (κ3) is 4.42. The van der Waals surface area contributed by atoms with E-state index in [9.17, 15) is 14.0 Å². The van der Waals surface area contributed by atoms with E-state index < -0.39 is 5.92 Å². The normalized spacial score (nSPS) is 19.4.